The highest BCUT2D eigenvalue weighted by atomic mass is 16.4. The molecule has 28 heavy (non-hydrogen) atoms. The topological polar surface area (TPSA) is 43.8 Å². The van der Waals surface area contributed by atoms with Gasteiger partial charge in [0.05, 0.1) is 0 Å². The zero-order valence-electron chi connectivity index (χ0n) is 16.7. The van der Waals surface area contributed by atoms with E-state index >= 15 is 0 Å². The molecule has 2 aliphatic rings. The fraction of sp³-hybridized carbons (Fsp3) is 0.458. The highest BCUT2D eigenvalue weighted by Crippen LogP contribution is 2.42. The normalized spacial score (nSPS) is 21.2. The Kier molecular flexibility index (Phi) is 5.67. The van der Waals surface area contributed by atoms with Crippen LogP contribution in [-0.4, -0.2) is 47.2 Å². The molecular weight excluding hydrogens is 348 g/mol. The summed E-state index contributed by atoms with van der Waals surface area (Å²) in [4.78, 5) is 15.3. The zero-order valence-corrected chi connectivity index (χ0v) is 16.7. The summed E-state index contributed by atoms with van der Waals surface area (Å²) in [5.41, 5.74) is 5.49. The molecule has 148 valence electrons. The van der Waals surface area contributed by atoms with Crippen LogP contribution in [0.3, 0.4) is 0 Å². The van der Waals surface area contributed by atoms with Crippen molar-refractivity contribution < 1.29 is 9.90 Å². The van der Waals surface area contributed by atoms with Crippen LogP contribution in [0.15, 0.2) is 48.5 Å². The summed E-state index contributed by atoms with van der Waals surface area (Å²) in [5, 5.41) is 9.22. The monoisotopic (exact) mass is 378 g/mol. The van der Waals surface area contributed by atoms with Gasteiger partial charge in [-0.15, -0.1) is 0 Å². The first-order valence-corrected chi connectivity index (χ1v) is 10.5. The van der Waals surface area contributed by atoms with Crippen LogP contribution >= 0.6 is 0 Å². The Balaban J connectivity index is 1.41. The number of aryl methyl sites for hydroxylation is 1. The minimum Gasteiger partial charge on any atom is -0.465 e. The Morgan fingerprint density at radius 1 is 1.14 bits per heavy atom. The molecular formula is C24H30N2O2. The lowest BCUT2D eigenvalue weighted by Gasteiger charge is -2.34. The van der Waals surface area contributed by atoms with Gasteiger partial charge < -0.3 is 10.0 Å². The number of hydrogen-bond acceptors (Lipinski definition) is 2. The summed E-state index contributed by atoms with van der Waals surface area (Å²) in [7, 11) is 1.65. The summed E-state index contributed by atoms with van der Waals surface area (Å²) >= 11 is 0. The summed E-state index contributed by atoms with van der Waals surface area (Å²) in [5.74, 6) is 0.607. The number of rotatable bonds is 6. The Bertz CT molecular complexity index is 821. The molecule has 4 nitrogen and oxygen atoms in total. The fourth-order valence-electron chi connectivity index (χ4n) is 5.14. The van der Waals surface area contributed by atoms with E-state index in [0.717, 1.165) is 12.8 Å². The van der Waals surface area contributed by atoms with Gasteiger partial charge in [0.25, 0.3) is 0 Å². The van der Waals surface area contributed by atoms with Gasteiger partial charge in [-0.3, -0.25) is 4.90 Å². The summed E-state index contributed by atoms with van der Waals surface area (Å²) in [6.45, 7) is 2.84. The summed E-state index contributed by atoms with van der Waals surface area (Å²) < 4.78 is 0. The molecule has 0 saturated carbocycles. The minimum absolute atomic E-state index is 0.483. The van der Waals surface area contributed by atoms with Crippen LogP contribution in [0.2, 0.25) is 0 Å². The molecule has 0 unspecified atom stereocenters. The average Bonchev–Trinajstić information content (AvgIpc) is 3.12. The molecule has 1 fully saturated rings. The van der Waals surface area contributed by atoms with Gasteiger partial charge in [0.1, 0.15) is 0 Å². The predicted molar refractivity (Wildman–Crippen MR) is 112 cm³/mol. The van der Waals surface area contributed by atoms with Gasteiger partial charge in [-0.1, -0.05) is 48.5 Å². The van der Waals surface area contributed by atoms with Crippen molar-refractivity contribution in [2.24, 2.45) is 0 Å². The summed E-state index contributed by atoms with van der Waals surface area (Å²) in [6.07, 6.45) is 4.98. The molecule has 0 radical (unpaired) electrons. The maximum absolute atomic E-state index is 11.2. The van der Waals surface area contributed by atoms with Gasteiger partial charge in [0, 0.05) is 25.6 Å². The molecule has 0 bridgehead atoms. The maximum atomic E-state index is 11.2. The second kappa shape index (κ2) is 8.36. The van der Waals surface area contributed by atoms with E-state index in [1.807, 2.05) is 0 Å². The van der Waals surface area contributed by atoms with E-state index < -0.39 is 6.09 Å². The van der Waals surface area contributed by atoms with Crippen molar-refractivity contribution in [2.45, 2.75) is 50.6 Å². The SMILES string of the molecule is CN(Cc1cccc2c1CC[C@H]1[C@@H]2CCN1CCCc1ccccc1)C(=O)O. The molecule has 1 heterocycles. The molecule has 4 rings (SSSR count). The van der Waals surface area contributed by atoms with Crippen molar-refractivity contribution in [1.29, 1.82) is 0 Å². The molecule has 4 heteroatoms. The smallest absolute Gasteiger partial charge is 0.407 e. The number of carboxylic acid groups (broad SMARTS) is 1. The van der Waals surface area contributed by atoms with Crippen molar-refractivity contribution in [3.8, 4) is 0 Å². The van der Waals surface area contributed by atoms with Gasteiger partial charge in [-0.05, 0) is 67.4 Å². The van der Waals surface area contributed by atoms with Crippen LogP contribution in [0.25, 0.3) is 0 Å². The maximum Gasteiger partial charge on any atom is 0.407 e. The van der Waals surface area contributed by atoms with E-state index in [0.29, 0.717) is 18.5 Å². The Morgan fingerprint density at radius 2 is 1.96 bits per heavy atom. The third kappa shape index (κ3) is 3.93. The van der Waals surface area contributed by atoms with Gasteiger partial charge in [0.15, 0.2) is 0 Å². The highest BCUT2D eigenvalue weighted by Gasteiger charge is 2.38. The Labute approximate surface area is 167 Å². The molecule has 0 aromatic heterocycles. The lowest BCUT2D eigenvalue weighted by atomic mass is 9.77. The van der Waals surface area contributed by atoms with Crippen LogP contribution in [0.1, 0.15) is 47.4 Å². The van der Waals surface area contributed by atoms with E-state index in [1.54, 1.807) is 7.05 Å². The second-order valence-corrected chi connectivity index (χ2v) is 8.25. The fourth-order valence-corrected chi connectivity index (χ4v) is 5.14. The average molecular weight is 379 g/mol. The third-order valence-corrected chi connectivity index (χ3v) is 6.55. The van der Waals surface area contributed by atoms with Gasteiger partial charge in [-0.25, -0.2) is 4.79 Å². The first-order chi connectivity index (χ1) is 13.6. The third-order valence-electron chi connectivity index (χ3n) is 6.55. The van der Waals surface area contributed by atoms with E-state index in [2.05, 4.69) is 53.4 Å². The predicted octanol–water partition coefficient (Wildman–Crippen LogP) is 4.53. The summed E-state index contributed by atoms with van der Waals surface area (Å²) in [6, 6.07) is 17.9. The first kappa shape index (κ1) is 19.0. The lowest BCUT2D eigenvalue weighted by molar-refractivity contribution is 0.153. The Hall–Kier alpha value is -2.33. The molecule has 1 aliphatic heterocycles. The molecule has 1 saturated heterocycles. The molecule has 2 atom stereocenters. The van der Waals surface area contributed by atoms with E-state index in [1.165, 1.54) is 59.5 Å². The number of benzene rings is 2. The van der Waals surface area contributed by atoms with Gasteiger partial charge >= 0.3 is 6.09 Å². The van der Waals surface area contributed by atoms with Crippen LogP contribution in [0, 0.1) is 0 Å². The van der Waals surface area contributed by atoms with E-state index in [-0.39, 0.29) is 0 Å². The molecule has 1 aliphatic carbocycles. The van der Waals surface area contributed by atoms with E-state index in [4.69, 9.17) is 0 Å². The van der Waals surface area contributed by atoms with Crippen molar-refractivity contribution in [1.82, 2.24) is 9.80 Å². The number of nitrogens with zero attached hydrogens (tertiary/aromatic N) is 2. The van der Waals surface area contributed by atoms with Crippen LogP contribution in [0.4, 0.5) is 4.79 Å². The van der Waals surface area contributed by atoms with Crippen molar-refractivity contribution >= 4 is 6.09 Å². The number of hydrogen-bond donors (Lipinski definition) is 1. The quantitative estimate of drug-likeness (QED) is 0.803. The van der Waals surface area contributed by atoms with Gasteiger partial charge in [0.2, 0.25) is 0 Å². The second-order valence-electron chi connectivity index (χ2n) is 8.25. The Morgan fingerprint density at radius 3 is 2.75 bits per heavy atom. The lowest BCUT2D eigenvalue weighted by Crippen LogP contribution is -2.36. The van der Waals surface area contributed by atoms with Crippen LogP contribution in [-0.2, 0) is 19.4 Å². The van der Waals surface area contributed by atoms with Crippen LogP contribution in [0.5, 0.6) is 0 Å². The zero-order chi connectivity index (χ0) is 19.5. The van der Waals surface area contributed by atoms with Crippen molar-refractivity contribution in [2.75, 3.05) is 20.1 Å². The highest BCUT2D eigenvalue weighted by molar-refractivity contribution is 5.64. The number of fused-ring (bicyclic) bond motifs is 3. The minimum atomic E-state index is -0.864. The van der Waals surface area contributed by atoms with Crippen LogP contribution < -0.4 is 0 Å². The van der Waals surface area contributed by atoms with Crippen molar-refractivity contribution in [3.05, 3.63) is 70.8 Å². The van der Waals surface area contributed by atoms with E-state index in [9.17, 15) is 9.90 Å². The van der Waals surface area contributed by atoms with Gasteiger partial charge in [-0.2, -0.15) is 0 Å². The van der Waals surface area contributed by atoms with Crippen molar-refractivity contribution in [3.63, 3.8) is 0 Å². The number of amides is 1. The molecule has 0 spiro atoms. The number of likely N-dealkylation sites (tertiary alicyclic amines) is 1. The first-order valence-electron chi connectivity index (χ1n) is 10.5. The molecule has 1 N–H and O–H groups in total. The number of carbonyl (C=O) groups is 1. The molecule has 2 aromatic rings. The molecule has 1 amide bonds. The standard InChI is InChI=1S/C24H30N2O2/c1-25(24(27)28)17-19-10-5-11-21-20(19)12-13-23-22(21)14-16-26(23)15-6-9-18-7-3-2-4-8-18/h2-5,7-8,10-11,22-23H,6,9,12-17H2,1H3,(H,27,28)/t22-,23+/m1/s1. The largest absolute Gasteiger partial charge is 0.465 e. The molecule has 2 aromatic carbocycles.